The average Bonchev–Trinajstić information content (AvgIpc) is 2.99. The van der Waals surface area contributed by atoms with Crippen LogP contribution in [0.4, 0.5) is 0 Å². The molecule has 1 saturated carbocycles. The maximum Gasteiger partial charge on any atom is 0.251 e. The lowest BCUT2D eigenvalue weighted by molar-refractivity contribution is -0.138. The zero-order valence-corrected chi connectivity index (χ0v) is 15.4. The molecule has 1 spiro atoms. The van der Waals surface area contributed by atoms with Crippen LogP contribution in [0.5, 0.6) is 5.75 Å². The number of rotatable bonds is 2. The lowest BCUT2D eigenvalue weighted by Gasteiger charge is -2.52. The van der Waals surface area contributed by atoms with Gasteiger partial charge in [0.15, 0.2) is 0 Å². The van der Waals surface area contributed by atoms with Crippen molar-refractivity contribution in [2.24, 2.45) is 11.8 Å². The molecule has 1 aromatic carbocycles. The molecule has 4 rings (SSSR count). The van der Waals surface area contributed by atoms with Gasteiger partial charge in [-0.25, -0.2) is 0 Å². The molecule has 0 aromatic heterocycles. The van der Waals surface area contributed by atoms with Gasteiger partial charge in [-0.15, -0.1) is 0 Å². The number of benzene rings is 1. The minimum Gasteiger partial charge on any atom is -0.508 e. The summed E-state index contributed by atoms with van der Waals surface area (Å²) in [7, 11) is 0. The largest absolute Gasteiger partial charge is 0.508 e. The molecule has 0 bridgehead atoms. The Bertz CT molecular complexity index is 702. The molecule has 5 heteroatoms. The van der Waals surface area contributed by atoms with E-state index in [0.717, 1.165) is 45.1 Å². The first-order chi connectivity index (χ1) is 12.5. The number of hydrogen-bond donors (Lipinski definition) is 2. The molecule has 5 nitrogen and oxygen atoms in total. The molecule has 1 aromatic rings. The predicted molar refractivity (Wildman–Crippen MR) is 98.8 cm³/mol. The van der Waals surface area contributed by atoms with Gasteiger partial charge in [0.1, 0.15) is 5.75 Å². The molecule has 3 aliphatic rings. The zero-order chi connectivity index (χ0) is 18.3. The minimum absolute atomic E-state index is 0.0345. The van der Waals surface area contributed by atoms with Crippen LogP contribution >= 0.6 is 0 Å². The van der Waals surface area contributed by atoms with Crippen molar-refractivity contribution in [2.75, 3.05) is 6.54 Å². The maximum atomic E-state index is 12.6. The van der Waals surface area contributed by atoms with Gasteiger partial charge in [-0.2, -0.15) is 0 Å². The van der Waals surface area contributed by atoms with E-state index in [4.69, 9.17) is 0 Å². The maximum absolute atomic E-state index is 12.6. The Balaban J connectivity index is 1.52. The Hall–Kier alpha value is -2.04. The third-order valence-corrected chi connectivity index (χ3v) is 7.03. The molecular weight excluding hydrogens is 328 g/mol. The molecule has 2 N–H and O–H groups in total. The molecule has 4 atom stereocenters. The first-order valence-electron chi connectivity index (χ1n) is 9.92. The third-order valence-electron chi connectivity index (χ3n) is 7.03. The van der Waals surface area contributed by atoms with E-state index in [-0.39, 0.29) is 23.2 Å². The van der Waals surface area contributed by atoms with Gasteiger partial charge in [0, 0.05) is 30.1 Å². The smallest absolute Gasteiger partial charge is 0.251 e. The molecule has 2 heterocycles. The Morgan fingerprint density at radius 1 is 1.19 bits per heavy atom. The van der Waals surface area contributed by atoms with Crippen LogP contribution in [0.25, 0.3) is 0 Å². The van der Waals surface area contributed by atoms with E-state index in [9.17, 15) is 14.7 Å². The number of hydrogen-bond acceptors (Lipinski definition) is 3. The summed E-state index contributed by atoms with van der Waals surface area (Å²) in [6.07, 6.45) is 6.86. The van der Waals surface area contributed by atoms with Crippen LogP contribution in [0.1, 0.15) is 62.2 Å². The predicted octanol–water partition coefficient (Wildman–Crippen LogP) is 3.08. The molecule has 26 heavy (non-hydrogen) atoms. The van der Waals surface area contributed by atoms with E-state index < -0.39 is 0 Å². The van der Waals surface area contributed by atoms with Crippen LogP contribution in [-0.2, 0) is 4.79 Å². The van der Waals surface area contributed by atoms with Gasteiger partial charge in [-0.1, -0.05) is 6.92 Å². The number of amides is 2. The van der Waals surface area contributed by atoms with Crippen molar-refractivity contribution in [3.8, 4) is 5.75 Å². The standard InChI is InChI=1S/C21H28N2O3/c1-14-17-4-2-5-19(25)23-13-3-11-21(17,23)12-10-18(14)22-20(26)15-6-8-16(24)9-7-15/h6-9,14,17-18,24H,2-5,10-13H2,1H3,(H,22,26)/t14-,17+,18+,21-/m1/s1. The summed E-state index contributed by atoms with van der Waals surface area (Å²) >= 11 is 0. The van der Waals surface area contributed by atoms with E-state index in [0.29, 0.717) is 29.7 Å². The van der Waals surface area contributed by atoms with Crippen LogP contribution in [0.15, 0.2) is 24.3 Å². The fourth-order valence-electron chi connectivity index (χ4n) is 5.75. The number of phenols is 1. The highest BCUT2D eigenvalue weighted by molar-refractivity contribution is 5.94. The van der Waals surface area contributed by atoms with E-state index >= 15 is 0 Å². The van der Waals surface area contributed by atoms with Crippen molar-refractivity contribution >= 4 is 11.8 Å². The summed E-state index contributed by atoms with van der Waals surface area (Å²) in [6, 6.07) is 6.54. The first-order valence-corrected chi connectivity index (χ1v) is 9.92. The number of carbonyl (C=O) groups excluding carboxylic acids is 2. The highest BCUT2D eigenvalue weighted by Gasteiger charge is 2.55. The summed E-state index contributed by atoms with van der Waals surface area (Å²) in [6.45, 7) is 3.16. The van der Waals surface area contributed by atoms with E-state index in [2.05, 4.69) is 17.1 Å². The van der Waals surface area contributed by atoms with Crippen molar-refractivity contribution in [3.05, 3.63) is 29.8 Å². The second-order valence-corrected chi connectivity index (χ2v) is 8.28. The van der Waals surface area contributed by atoms with Gasteiger partial charge in [-0.3, -0.25) is 9.59 Å². The van der Waals surface area contributed by atoms with Crippen LogP contribution in [0.3, 0.4) is 0 Å². The summed E-state index contributed by atoms with van der Waals surface area (Å²) in [5.41, 5.74) is 0.612. The lowest BCUT2D eigenvalue weighted by Crippen LogP contribution is -2.59. The SMILES string of the molecule is C[C@H]1[C@@H](NC(=O)c2ccc(O)cc2)CC[C@@]23CCCN2C(=O)CCC[C@@H]13. The Kier molecular flexibility index (Phi) is 4.41. The van der Waals surface area contributed by atoms with Gasteiger partial charge in [0.05, 0.1) is 0 Å². The van der Waals surface area contributed by atoms with Crippen LogP contribution in [0, 0.1) is 11.8 Å². The molecule has 2 aliphatic heterocycles. The molecule has 3 fully saturated rings. The van der Waals surface area contributed by atoms with Gasteiger partial charge in [0.2, 0.25) is 5.91 Å². The Morgan fingerprint density at radius 3 is 2.73 bits per heavy atom. The monoisotopic (exact) mass is 356 g/mol. The first kappa shape index (κ1) is 17.4. The fourth-order valence-corrected chi connectivity index (χ4v) is 5.75. The highest BCUT2D eigenvalue weighted by atomic mass is 16.3. The van der Waals surface area contributed by atoms with E-state index in [1.54, 1.807) is 24.3 Å². The van der Waals surface area contributed by atoms with Crippen LogP contribution in [0.2, 0.25) is 0 Å². The number of carbonyl (C=O) groups is 2. The summed E-state index contributed by atoms with van der Waals surface area (Å²) in [4.78, 5) is 27.4. The minimum atomic E-state index is -0.0780. The van der Waals surface area contributed by atoms with Crippen molar-refractivity contribution in [1.29, 1.82) is 0 Å². The summed E-state index contributed by atoms with van der Waals surface area (Å²) in [5.74, 6) is 1.25. The van der Waals surface area contributed by atoms with Gasteiger partial charge in [-0.05, 0) is 74.6 Å². The fraction of sp³-hybridized carbons (Fsp3) is 0.619. The van der Waals surface area contributed by atoms with Crippen molar-refractivity contribution in [1.82, 2.24) is 10.2 Å². The number of nitrogens with zero attached hydrogens (tertiary/aromatic N) is 1. The number of phenolic OH excluding ortho intramolecular Hbond substituents is 1. The van der Waals surface area contributed by atoms with Crippen molar-refractivity contribution in [3.63, 3.8) is 0 Å². The zero-order valence-electron chi connectivity index (χ0n) is 15.4. The van der Waals surface area contributed by atoms with Crippen LogP contribution in [-0.4, -0.2) is 39.9 Å². The molecule has 2 amide bonds. The van der Waals surface area contributed by atoms with Crippen molar-refractivity contribution < 1.29 is 14.7 Å². The quantitative estimate of drug-likeness (QED) is 0.855. The van der Waals surface area contributed by atoms with Crippen LogP contribution < -0.4 is 5.32 Å². The topological polar surface area (TPSA) is 69.6 Å². The molecular formula is C21H28N2O3. The Labute approximate surface area is 154 Å². The third kappa shape index (κ3) is 2.78. The molecule has 140 valence electrons. The second kappa shape index (κ2) is 6.60. The van der Waals surface area contributed by atoms with Gasteiger partial charge < -0.3 is 15.3 Å². The second-order valence-electron chi connectivity index (χ2n) is 8.28. The molecule has 0 unspecified atom stereocenters. The normalized spacial score (nSPS) is 34.0. The number of aromatic hydroxyl groups is 1. The van der Waals surface area contributed by atoms with E-state index in [1.165, 1.54) is 0 Å². The molecule has 2 saturated heterocycles. The molecule has 1 aliphatic carbocycles. The van der Waals surface area contributed by atoms with Gasteiger partial charge in [0.25, 0.3) is 5.91 Å². The van der Waals surface area contributed by atoms with Gasteiger partial charge >= 0.3 is 0 Å². The average molecular weight is 356 g/mol. The summed E-state index contributed by atoms with van der Waals surface area (Å²) in [5, 5.41) is 12.6. The summed E-state index contributed by atoms with van der Waals surface area (Å²) < 4.78 is 0. The highest BCUT2D eigenvalue weighted by Crippen LogP contribution is 2.51. The Morgan fingerprint density at radius 2 is 1.96 bits per heavy atom. The number of nitrogens with one attached hydrogen (secondary N) is 1. The lowest BCUT2D eigenvalue weighted by atomic mass is 9.63. The molecule has 0 radical (unpaired) electrons. The van der Waals surface area contributed by atoms with E-state index in [1.807, 2.05) is 0 Å². The van der Waals surface area contributed by atoms with Crippen molar-refractivity contribution in [2.45, 2.75) is 63.5 Å².